The molecule has 2 aliphatic heterocycles. The number of carboxylic acid groups (broad SMARTS) is 1. The lowest BCUT2D eigenvalue weighted by Crippen LogP contribution is -2.70. The van der Waals surface area contributed by atoms with E-state index in [4.69, 9.17) is 11.6 Å². The molecule has 0 radical (unpaired) electrons. The smallest absolute Gasteiger partial charge is 0.352 e. The Labute approximate surface area is 146 Å². The van der Waals surface area contributed by atoms with Crippen LogP contribution < -0.4 is 5.32 Å². The molecule has 2 atom stereocenters. The lowest BCUT2D eigenvalue weighted by Gasteiger charge is -2.49. The maximum absolute atomic E-state index is 12.4. The zero-order valence-corrected chi connectivity index (χ0v) is 14.7. The molecule has 0 aliphatic carbocycles. The number of hydrogen-bond donors (Lipinski definition) is 2. The maximum atomic E-state index is 12.4. The van der Waals surface area contributed by atoms with Crippen molar-refractivity contribution in [2.75, 3.05) is 5.75 Å². The summed E-state index contributed by atoms with van der Waals surface area (Å²) in [6.07, 6.45) is 0. The van der Waals surface area contributed by atoms with Gasteiger partial charge in [-0.2, -0.15) is 5.10 Å². The van der Waals surface area contributed by atoms with Gasteiger partial charge in [-0.25, -0.2) is 4.79 Å². The number of amides is 2. The molecule has 10 heteroatoms. The van der Waals surface area contributed by atoms with Gasteiger partial charge in [-0.1, -0.05) is 11.6 Å². The van der Waals surface area contributed by atoms with Crippen LogP contribution in [-0.2, 0) is 16.6 Å². The number of halogens is 1. The number of nitrogens with zero attached hydrogens (tertiary/aromatic N) is 3. The van der Waals surface area contributed by atoms with Crippen LogP contribution in [0.15, 0.2) is 11.3 Å². The summed E-state index contributed by atoms with van der Waals surface area (Å²) in [5, 5.41) is 15.8. The molecule has 1 saturated heterocycles. The van der Waals surface area contributed by atoms with E-state index < -0.39 is 29.2 Å². The quantitative estimate of drug-likeness (QED) is 0.761. The number of thioether (sulfide) groups is 1. The van der Waals surface area contributed by atoms with Crippen LogP contribution in [0.2, 0.25) is 5.02 Å². The van der Waals surface area contributed by atoms with E-state index in [2.05, 4.69) is 10.4 Å². The van der Waals surface area contributed by atoms with E-state index in [1.54, 1.807) is 20.9 Å². The van der Waals surface area contributed by atoms with Gasteiger partial charge in [0.1, 0.15) is 22.8 Å². The molecule has 128 valence electrons. The molecule has 1 aromatic heterocycles. The fraction of sp³-hybridized carbons (Fsp3) is 0.429. The highest BCUT2D eigenvalue weighted by Gasteiger charge is 2.53. The van der Waals surface area contributed by atoms with Crippen molar-refractivity contribution in [1.82, 2.24) is 20.0 Å². The average molecular weight is 371 g/mol. The molecule has 0 bridgehead atoms. The number of rotatable bonds is 3. The highest BCUT2D eigenvalue weighted by atomic mass is 35.5. The average Bonchev–Trinajstić information content (AvgIpc) is 2.76. The maximum Gasteiger partial charge on any atom is 0.352 e. The molecule has 0 unspecified atom stereocenters. The number of hydrogen-bond acceptors (Lipinski definition) is 5. The summed E-state index contributed by atoms with van der Waals surface area (Å²) in [5.41, 5.74) is 1.33. The van der Waals surface area contributed by atoms with E-state index in [9.17, 15) is 19.5 Å². The fourth-order valence-corrected chi connectivity index (χ4v) is 4.40. The Morgan fingerprint density at radius 3 is 2.62 bits per heavy atom. The van der Waals surface area contributed by atoms with Gasteiger partial charge in [0.15, 0.2) is 0 Å². The third-order valence-corrected chi connectivity index (χ3v) is 5.89. The number of fused-ring (bicyclic) bond motifs is 1. The van der Waals surface area contributed by atoms with E-state index in [-0.39, 0.29) is 16.4 Å². The number of aromatic nitrogens is 2. The van der Waals surface area contributed by atoms with Crippen molar-refractivity contribution in [3.8, 4) is 0 Å². The van der Waals surface area contributed by atoms with Gasteiger partial charge in [0.05, 0.1) is 10.7 Å². The summed E-state index contributed by atoms with van der Waals surface area (Å²) in [4.78, 5) is 37.4. The molecule has 2 amide bonds. The highest BCUT2D eigenvalue weighted by molar-refractivity contribution is 8.00. The second-order valence-corrected chi connectivity index (χ2v) is 7.15. The lowest BCUT2D eigenvalue weighted by molar-refractivity contribution is -0.148. The summed E-state index contributed by atoms with van der Waals surface area (Å²) < 4.78 is 1.36. The van der Waals surface area contributed by atoms with Gasteiger partial charge in [0.25, 0.3) is 11.8 Å². The van der Waals surface area contributed by atoms with E-state index in [1.165, 1.54) is 21.3 Å². The van der Waals surface area contributed by atoms with Crippen LogP contribution in [0, 0.1) is 6.92 Å². The first kappa shape index (κ1) is 16.8. The number of aliphatic carboxylic acids is 1. The van der Waals surface area contributed by atoms with E-state index in [0.29, 0.717) is 17.0 Å². The van der Waals surface area contributed by atoms with Crippen LogP contribution in [-0.4, -0.2) is 54.7 Å². The van der Waals surface area contributed by atoms with Gasteiger partial charge in [0.2, 0.25) is 0 Å². The van der Waals surface area contributed by atoms with Crippen LogP contribution >= 0.6 is 23.4 Å². The van der Waals surface area contributed by atoms with Crippen molar-refractivity contribution < 1.29 is 19.5 Å². The van der Waals surface area contributed by atoms with Crippen molar-refractivity contribution in [1.29, 1.82) is 0 Å². The van der Waals surface area contributed by atoms with Crippen LogP contribution in [0.5, 0.6) is 0 Å². The van der Waals surface area contributed by atoms with Gasteiger partial charge >= 0.3 is 5.97 Å². The first-order valence-electron chi connectivity index (χ1n) is 7.11. The zero-order chi connectivity index (χ0) is 17.8. The molecular weight excluding hydrogens is 356 g/mol. The minimum Gasteiger partial charge on any atom is -0.477 e. The van der Waals surface area contributed by atoms with Gasteiger partial charge in [0, 0.05) is 12.8 Å². The second-order valence-electron chi connectivity index (χ2n) is 5.67. The number of carboxylic acids is 1. The second kappa shape index (κ2) is 5.82. The number of aryl methyl sites for hydroxylation is 2. The van der Waals surface area contributed by atoms with Crippen molar-refractivity contribution in [3.05, 3.63) is 27.7 Å². The van der Waals surface area contributed by atoms with Gasteiger partial charge < -0.3 is 10.4 Å². The minimum absolute atomic E-state index is 0.00339. The monoisotopic (exact) mass is 370 g/mol. The molecule has 3 rings (SSSR count). The molecule has 24 heavy (non-hydrogen) atoms. The fourth-order valence-electron chi connectivity index (χ4n) is 2.86. The standard InChI is InChI=1S/C14H15ClN4O4S/c1-5-4-24-13-8(12(21)19(13)9(5)14(22)23)16-11(20)10-7(15)6(2)17-18(10)3/h8,13H,4H2,1-3H3,(H,16,20)(H,22,23)/t8-,13+/m0/s1. The normalized spacial score (nSPS) is 23.0. The summed E-state index contributed by atoms with van der Waals surface area (Å²) in [5.74, 6) is -1.59. The zero-order valence-electron chi connectivity index (χ0n) is 13.2. The minimum atomic E-state index is -1.14. The van der Waals surface area contributed by atoms with E-state index in [1.807, 2.05) is 0 Å². The Morgan fingerprint density at radius 2 is 2.08 bits per heavy atom. The topological polar surface area (TPSA) is 105 Å². The Bertz CT molecular complexity index is 803. The van der Waals surface area contributed by atoms with E-state index >= 15 is 0 Å². The Morgan fingerprint density at radius 1 is 1.42 bits per heavy atom. The summed E-state index contributed by atoms with van der Waals surface area (Å²) in [7, 11) is 1.59. The number of carbonyl (C=O) groups excluding carboxylic acids is 2. The SMILES string of the molecule is CC1=C(C(=O)O)N2C(=O)[C@H](NC(=O)c3c(Cl)c(C)nn3C)[C@H]2SC1. The highest BCUT2D eigenvalue weighted by Crippen LogP contribution is 2.40. The van der Waals surface area contributed by atoms with Crippen molar-refractivity contribution in [2.45, 2.75) is 25.3 Å². The molecule has 1 aromatic rings. The first-order valence-corrected chi connectivity index (χ1v) is 8.54. The number of nitrogens with one attached hydrogen (secondary N) is 1. The van der Waals surface area contributed by atoms with Crippen LogP contribution in [0.1, 0.15) is 23.1 Å². The summed E-state index contributed by atoms with van der Waals surface area (Å²) in [6.45, 7) is 3.36. The van der Waals surface area contributed by atoms with Crippen LogP contribution in [0.4, 0.5) is 0 Å². The number of β-lactam (4-membered cyclic amide) rings is 1. The first-order chi connectivity index (χ1) is 11.2. The Balaban J connectivity index is 1.81. The van der Waals surface area contributed by atoms with Gasteiger partial charge in [-0.05, 0) is 19.4 Å². The molecule has 2 N–H and O–H groups in total. The molecule has 0 aromatic carbocycles. The lowest BCUT2D eigenvalue weighted by atomic mass is 10.0. The predicted octanol–water partition coefficient (Wildman–Crippen LogP) is 0.754. The molecule has 0 spiro atoms. The number of carbonyl (C=O) groups is 3. The molecular formula is C14H15ClN4O4S. The molecule has 3 heterocycles. The Hall–Kier alpha value is -2.00. The largest absolute Gasteiger partial charge is 0.477 e. The summed E-state index contributed by atoms with van der Waals surface area (Å²) >= 11 is 7.50. The molecule has 2 aliphatic rings. The summed E-state index contributed by atoms with van der Waals surface area (Å²) in [6, 6.07) is -0.781. The van der Waals surface area contributed by atoms with Crippen molar-refractivity contribution in [3.63, 3.8) is 0 Å². The molecule has 8 nitrogen and oxygen atoms in total. The van der Waals surface area contributed by atoms with E-state index in [0.717, 1.165) is 0 Å². The van der Waals surface area contributed by atoms with Crippen LogP contribution in [0.3, 0.4) is 0 Å². The van der Waals surface area contributed by atoms with Gasteiger partial charge in [-0.3, -0.25) is 19.2 Å². The third kappa shape index (κ3) is 2.39. The molecule has 1 fully saturated rings. The van der Waals surface area contributed by atoms with Crippen LogP contribution in [0.25, 0.3) is 0 Å². The van der Waals surface area contributed by atoms with Crippen molar-refractivity contribution >= 4 is 41.1 Å². The van der Waals surface area contributed by atoms with Crippen molar-refractivity contribution in [2.24, 2.45) is 7.05 Å². The Kier molecular flexibility index (Phi) is 4.08. The van der Waals surface area contributed by atoms with Gasteiger partial charge in [-0.15, -0.1) is 11.8 Å². The predicted molar refractivity (Wildman–Crippen MR) is 87.6 cm³/mol. The third-order valence-electron chi connectivity index (χ3n) is 4.01. The molecule has 0 saturated carbocycles.